The predicted molar refractivity (Wildman–Crippen MR) is 49.5 cm³/mol. The van der Waals surface area contributed by atoms with E-state index in [2.05, 4.69) is 4.74 Å². The van der Waals surface area contributed by atoms with E-state index in [1.54, 1.807) is 0 Å². The summed E-state index contributed by atoms with van der Waals surface area (Å²) in [4.78, 5) is 12.9. The van der Waals surface area contributed by atoms with Gasteiger partial charge in [-0.1, -0.05) is 0 Å². The van der Waals surface area contributed by atoms with E-state index in [0.717, 1.165) is 10.4 Å². The fourth-order valence-electron chi connectivity index (χ4n) is 1.28. The SMILES string of the molecule is COC(=O)c1cc2c(s1)C[Se](=O)C2. The number of ether oxygens (including phenoxy) is 1. The summed E-state index contributed by atoms with van der Waals surface area (Å²) in [5.41, 5.74) is 1.09. The van der Waals surface area contributed by atoms with Crippen molar-refractivity contribution in [3.8, 4) is 0 Å². The number of carbonyl (C=O) groups is 1. The molecule has 0 saturated carbocycles. The summed E-state index contributed by atoms with van der Waals surface area (Å²) < 4.78 is 15.8. The minimum atomic E-state index is -1.62. The van der Waals surface area contributed by atoms with Crippen molar-refractivity contribution in [2.24, 2.45) is 0 Å². The Hall–Kier alpha value is -0.511. The average Bonchev–Trinajstić information content (AvgIpc) is 2.59. The van der Waals surface area contributed by atoms with Crippen LogP contribution in [0.15, 0.2) is 6.07 Å². The minimum absolute atomic E-state index is 0.290. The van der Waals surface area contributed by atoms with Gasteiger partial charge in [-0.15, -0.1) is 0 Å². The summed E-state index contributed by atoms with van der Waals surface area (Å²) >= 11 is -0.202. The molecule has 2 heterocycles. The molecule has 1 aliphatic heterocycles. The van der Waals surface area contributed by atoms with Crippen molar-refractivity contribution in [1.29, 1.82) is 0 Å². The molecule has 1 unspecified atom stereocenters. The summed E-state index contributed by atoms with van der Waals surface area (Å²) in [6.45, 7) is 0. The normalized spacial score (nSPS) is 19.9. The first-order valence-electron chi connectivity index (χ1n) is 3.75. The molecule has 0 spiro atoms. The molecule has 0 amide bonds. The van der Waals surface area contributed by atoms with Gasteiger partial charge >= 0.3 is 83.6 Å². The third-order valence-corrected chi connectivity index (χ3v) is 6.07. The molecule has 0 radical (unpaired) electrons. The van der Waals surface area contributed by atoms with Gasteiger partial charge in [0.1, 0.15) is 0 Å². The van der Waals surface area contributed by atoms with Crippen LogP contribution in [0.3, 0.4) is 0 Å². The van der Waals surface area contributed by atoms with Crippen molar-refractivity contribution in [3.05, 3.63) is 21.4 Å². The number of hydrogen-bond donors (Lipinski definition) is 0. The van der Waals surface area contributed by atoms with Gasteiger partial charge in [0.05, 0.1) is 0 Å². The molecule has 0 fully saturated rings. The molecule has 0 aliphatic carbocycles. The van der Waals surface area contributed by atoms with Crippen LogP contribution in [0.25, 0.3) is 0 Å². The van der Waals surface area contributed by atoms with Gasteiger partial charge in [0, 0.05) is 0 Å². The van der Waals surface area contributed by atoms with Gasteiger partial charge < -0.3 is 0 Å². The van der Waals surface area contributed by atoms with Crippen LogP contribution in [0.2, 0.25) is 0 Å². The topological polar surface area (TPSA) is 43.4 Å². The van der Waals surface area contributed by atoms with Crippen molar-refractivity contribution >= 4 is 31.1 Å². The van der Waals surface area contributed by atoms with Gasteiger partial charge in [0.25, 0.3) is 0 Å². The van der Waals surface area contributed by atoms with Crippen LogP contribution in [-0.2, 0) is 19.2 Å². The molecule has 0 N–H and O–H groups in total. The Morgan fingerprint density at radius 1 is 1.62 bits per heavy atom. The fraction of sp³-hybridized carbons (Fsp3) is 0.375. The van der Waals surface area contributed by atoms with E-state index in [1.807, 2.05) is 6.07 Å². The Labute approximate surface area is 83.8 Å². The third-order valence-electron chi connectivity index (χ3n) is 1.89. The molecule has 0 bridgehead atoms. The molecule has 1 aromatic heterocycles. The van der Waals surface area contributed by atoms with Crippen molar-refractivity contribution < 1.29 is 13.4 Å². The number of thiophene rings is 1. The second-order valence-corrected chi connectivity index (χ2v) is 6.97. The van der Waals surface area contributed by atoms with Crippen LogP contribution in [0, 0.1) is 0 Å². The molecular weight excluding hydrogens is 255 g/mol. The maximum atomic E-state index is 11.2. The quantitative estimate of drug-likeness (QED) is 0.563. The first-order valence-corrected chi connectivity index (χ1v) is 7.69. The summed E-state index contributed by atoms with van der Waals surface area (Å²) in [6.07, 6.45) is 0. The first kappa shape index (κ1) is 9.06. The molecule has 13 heavy (non-hydrogen) atoms. The van der Waals surface area contributed by atoms with Crippen LogP contribution < -0.4 is 0 Å². The van der Waals surface area contributed by atoms with Gasteiger partial charge in [-0.05, 0) is 0 Å². The van der Waals surface area contributed by atoms with Crippen LogP contribution in [-0.4, -0.2) is 26.9 Å². The Balaban J connectivity index is 2.31. The molecule has 70 valence electrons. The van der Waals surface area contributed by atoms with E-state index in [-0.39, 0.29) is 5.97 Å². The second kappa shape index (κ2) is 3.33. The Bertz CT molecular complexity index is 357. The zero-order valence-corrected chi connectivity index (χ0v) is 9.56. The Morgan fingerprint density at radius 2 is 2.38 bits per heavy atom. The number of esters is 1. The Morgan fingerprint density at radius 3 is 3.00 bits per heavy atom. The number of hydrogen-bond acceptors (Lipinski definition) is 4. The molecular formula is C8H8O3SSe. The van der Waals surface area contributed by atoms with E-state index in [1.165, 1.54) is 18.4 Å². The van der Waals surface area contributed by atoms with Crippen LogP contribution >= 0.6 is 11.3 Å². The zero-order chi connectivity index (χ0) is 9.42. The van der Waals surface area contributed by atoms with E-state index >= 15 is 0 Å². The van der Waals surface area contributed by atoms with Gasteiger partial charge in [0.2, 0.25) is 0 Å². The fourth-order valence-corrected chi connectivity index (χ4v) is 5.98. The molecule has 1 atom stereocenters. The average molecular weight is 263 g/mol. The monoisotopic (exact) mass is 264 g/mol. The van der Waals surface area contributed by atoms with E-state index < -0.39 is 13.8 Å². The van der Waals surface area contributed by atoms with Gasteiger partial charge in [-0.25, -0.2) is 0 Å². The maximum absolute atomic E-state index is 11.2. The molecule has 0 aromatic carbocycles. The number of methoxy groups -OCH3 is 1. The van der Waals surface area contributed by atoms with E-state index in [9.17, 15) is 8.63 Å². The third kappa shape index (κ3) is 1.59. The van der Waals surface area contributed by atoms with Crippen molar-refractivity contribution in [1.82, 2.24) is 0 Å². The van der Waals surface area contributed by atoms with Crippen molar-refractivity contribution in [2.45, 2.75) is 10.6 Å². The number of fused-ring (bicyclic) bond motifs is 1. The predicted octanol–water partition coefficient (Wildman–Crippen LogP) is 1.13. The molecule has 3 nitrogen and oxygen atoms in total. The van der Waals surface area contributed by atoms with E-state index in [0.29, 0.717) is 15.5 Å². The summed E-state index contributed by atoms with van der Waals surface area (Å²) in [5.74, 6) is -0.290. The van der Waals surface area contributed by atoms with E-state index in [4.69, 9.17) is 0 Å². The van der Waals surface area contributed by atoms with Crippen LogP contribution in [0.5, 0.6) is 0 Å². The Kier molecular flexibility index (Phi) is 2.32. The second-order valence-electron chi connectivity index (χ2n) is 2.78. The summed E-state index contributed by atoms with van der Waals surface area (Å²) in [5, 5.41) is 1.37. The zero-order valence-electron chi connectivity index (χ0n) is 7.03. The summed E-state index contributed by atoms with van der Waals surface area (Å²) in [7, 11) is 1.37. The summed E-state index contributed by atoms with van der Waals surface area (Å²) in [6, 6.07) is 1.81. The van der Waals surface area contributed by atoms with Gasteiger partial charge in [-0.2, -0.15) is 0 Å². The molecule has 1 aromatic rings. The number of rotatable bonds is 1. The van der Waals surface area contributed by atoms with Crippen LogP contribution in [0.4, 0.5) is 0 Å². The van der Waals surface area contributed by atoms with Gasteiger partial charge in [-0.3, -0.25) is 0 Å². The standard InChI is InChI=1S/C8H8O3SSe/c1-11-8(9)6-2-5-3-13(10)4-7(5)12-6/h2H,3-4H2,1H3. The van der Waals surface area contributed by atoms with Crippen molar-refractivity contribution in [2.75, 3.05) is 7.11 Å². The first-order chi connectivity index (χ1) is 6.20. The molecule has 5 heteroatoms. The van der Waals surface area contributed by atoms with Crippen LogP contribution in [0.1, 0.15) is 20.1 Å². The number of carbonyl (C=O) groups excluding carboxylic acids is 1. The molecule has 0 saturated heterocycles. The van der Waals surface area contributed by atoms with Gasteiger partial charge in [0.15, 0.2) is 0 Å². The molecule has 1 aliphatic rings. The van der Waals surface area contributed by atoms with Crippen molar-refractivity contribution in [3.63, 3.8) is 0 Å². The molecule has 2 rings (SSSR count).